The normalized spacial score (nSPS) is 15.0. The molecule has 1 amide bonds. The SMILES string of the molecule is O=C(c1cc(-c2ccc(Cl)cc2)n[nH]1)N1CCN(CCc2ccncc2)CC1. The fourth-order valence-corrected chi connectivity index (χ4v) is 3.51. The molecule has 1 saturated heterocycles. The van der Waals surface area contributed by atoms with Crippen LogP contribution in [0.4, 0.5) is 0 Å². The van der Waals surface area contributed by atoms with Gasteiger partial charge in [-0.25, -0.2) is 0 Å². The molecule has 0 radical (unpaired) electrons. The second-order valence-corrected chi connectivity index (χ2v) is 7.35. The summed E-state index contributed by atoms with van der Waals surface area (Å²) in [5, 5.41) is 7.84. The highest BCUT2D eigenvalue weighted by molar-refractivity contribution is 6.30. The van der Waals surface area contributed by atoms with Crippen LogP contribution in [0.1, 0.15) is 16.1 Å². The third kappa shape index (κ3) is 4.40. The summed E-state index contributed by atoms with van der Waals surface area (Å²) in [6.07, 6.45) is 4.66. The Kier molecular flexibility index (Phi) is 5.69. The molecule has 3 aromatic rings. The summed E-state index contributed by atoms with van der Waals surface area (Å²) in [6.45, 7) is 4.22. The molecular formula is C21H22ClN5O. The number of carbonyl (C=O) groups excluding carboxylic acids is 1. The number of halogens is 1. The van der Waals surface area contributed by atoms with Gasteiger partial charge in [0.05, 0.1) is 5.69 Å². The number of carbonyl (C=O) groups is 1. The highest BCUT2D eigenvalue weighted by Crippen LogP contribution is 2.21. The van der Waals surface area contributed by atoms with Gasteiger partial charge in [0.15, 0.2) is 0 Å². The van der Waals surface area contributed by atoms with E-state index in [2.05, 4.69) is 32.2 Å². The van der Waals surface area contributed by atoms with Crippen molar-refractivity contribution in [3.8, 4) is 11.3 Å². The van der Waals surface area contributed by atoms with Crippen molar-refractivity contribution in [3.63, 3.8) is 0 Å². The Morgan fingerprint density at radius 1 is 1.04 bits per heavy atom. The maximum atomic E-state index is 12.8. The molecular weight excluding hydrogens is 374 g/mol. The monoisotopic (exact) mass is 395 g/mol. The topological polar surface area (TPSA) is 65.1 Å². The van der Waals surface area contributed by atoms with Gasteiger partial charge in [-0.15, -0.1) is 0 Å². The van der Waals surface area contributed by atoms with Crippen LogP contribution < -0.4 is 0 Å². The van der Waals surface area contributed by atoms with Crippen molar-refractivity contribution >= 4 is 17.5 Å². The zero-order valence-corrected chi connectivity index (χ0v) is 16.3. The maximum absolute atomic E-state index is 12.8. The van der Waals surface area contributed by atoms with Crippen molar-refractivity contribution in [1.82, 2.24) is 25.0 Å². The first-order valence-electron chi connectivity index (χ1n) is 9.41. The Morgan fingerprint density at radius 3 is 2.46 bits per heavy atom. The summed E-state index contributed by atoms with van der Waals surface area (Å²) < 4.78 is 0. The Labute approximate surface area is 169 Å². The summed E-state index contributed by atoms with van der Waals surface area (Å²) in [4.78, 5) is 21.1. The number of benzene rings is 1. The average molecular weight is 396 g/mol. The Balaban J connectivity index is 1.31. The smallest absolute Gasteiger partial charge is 0.271 e. The molecule has 0 unspecified atom stereocenters. The third-order valence-corrected chi connectivity index (χ3v) is 5.33. The molecule has 0 spiro atoms. The average Bonchev–Trinajstić information content (AvgIpc) is 3.24. The lowest BCUT2D eigenvalue weighted by Gasteiger charge is -2.34. The first-order valence-corrected chi connectivity index (χ1v) is 9.79. The van der Waals surface area contributed by atoms with Crippen LogP contribution in [0.2, 0.25) is 5.02 Å². The van der Waals surface area contributed by atoms with Gasteiger partial charge in [0.25, 0.3) is 5.91 Å². The van der Waals surface area contributed by atoms with Crippen molar-refractivity contribution in [2.24, 2.45) is 0 Å². The van der Waals surface area contributed by atoms with Crippen molar-refractivity contribution in [3.05, 3.63) is 71.1 Å². The summed E-state index contributed by atoms with van der Waals surface area (Å²) in [5.41, 5.74) is 3.49. The third-order valence-electron chi connectivity index (χ3n) is 5.07. The van der Waals surface area contributed by atoms with Gasteiger partial charge in [0, 0.05) is 55.7 Å². The number of amides is 1. The molecule has 1 aliphatic rings. The second kappa shape index (κ2) is 8.54. The van der Waals surface area contributed by atoms with E-state index in [-0.39, 0.29) is 5.91 Å². The number of aromatic amines is 1. The number of hydrogen-bond acceptors (Lipinski definition) is 4. The van der Waals surface area contributed by atoms with E-state index >= 15 is 0 Å². The van der Waals surface area contributed by atoms with E-state index in [0.717, 1.165) is 50.4 Å². The Hall–Kier alpha value is -2.70. The lowest BCUT2D eigenvalue weighted by Crippen LogP contribution is -2.49. The van der Waals surface area contributed by atoms with E-state index in [1.807, 2.05) is 41.6 Å². The molecule has 0 saturated carbocycles. The predicted octanol–water partition coefficient (Wildman–Crippen LogP) is 3.13. The van der Waals surface area contributed by atoms with Gasteiger partial charge in [-0.3, -0.25) is 19.8 Å². The van der Waals surface area contributed by atoms with E-state index in [0.29, 0.717) is 10.7 Å². The molecule has 1 N–H and O–H groups in total. The molecule has 1 aliphatic heterocycles. The van der Waals surface area contributed by atoms with Gasteiger partial charge >= 0.3 is 0 Å². The minimum Gasteiger partial charge on any atom is -0.335 e. The van der Waals surface area contributed by atoms with Crippen LogP contribution in [0.25, 0.3) is 11.3 Å². The molecule has 6 nitrogen and oxygen atoms in total. The first kappa shape index (κ1) is 18.7. The van der Waals surface area contributed by atoms with Gasteiger partial charge in [0.1, 0.15) is 5.69 Å². The van der Waals surface area contributed by atoms with E-state index in [4.69, 9.17) is 11.6 Å². The fourth-order valence-electron chi connectivity index (χ4n) is 3.38. The number of aromatic nitrogens is 3. The van der Waals surface area contributed by atoms with Crippen LogP contribution in [0.5, 0.6) is 0 Å². The van der Waals surface area contributed by atoms with Crippen LogP contribution in [0, 0.1) is 0 Å². The number of nitrogens with one attached hydrogen (secondary N) is 1. The molecule has 144 valence electrons. The Bertz CT molecular complexity index is 917. The molecule has 2 aromatic heterocycles. The quantitative estimate of drug-likeness (QED) is 0.720. The van der Waals surface area contributed by atoms with Crippen molar-refractivity contribution < 1.29 is 4.79 Å². The molecule has 1 aromatic carbocycles. The summed E-state index contributed by atoms with van der Waals surface area (Å²) >= 11 is 5.93. The second-order valence-electron chi connectivity index (χ2n) is 6.91. The standard InChI is InChI=1S/C21H22ClN5O/c22-18-3-1-17(2-4-18)19-15-20(25-24-19)21(28)27-13-11-26(12-14-27)10-7-16-5-8-23-9-6-16/h1-6,8-9,15H,7,10-14H2,(H,24,25). The van der Waals surface area contributed by atoms with E-state index in [9.17, 15) is 4.79 Å². The zero-order valence-electron chi connectivity index (χ0n) is 15.5. The highest BCUT2D eigenvalue weighted by atomic mass is 35.5. The zero-order chi connectivity index (χ0) is 19.3. The summed E-state index contributed by atoms with van der Waals surface area (Å²) in [5.74, 6) is 0.00139. The minimum absolute atomic E-state index is 0.00139. The molecule has 7 heteroatoms. The predicted molar refractivity (Wildman–Crippen MR) is 109 cm³/mol. The van der Waals surface area contributed by atoms with Gasteiger partial charge in [-0.1, -0.05) is 23.7 Å². The number of nitrogens with zero attached hydrogens (tertiary/aromatic N) is 4. The molecule has 0 atom stereocenters. The van der Waals surface area contributed by atoms with Crippen LogP contribution >= 0.6 is 11.6 Å². The maximum Gasteiger partial charge on any atom is 0.271 e. The number of piperazine rings is 1. The van der Waals surface area contributed by atoms with Gasteiger partial charge in [-0.05, 0) is 42.3 Å². The van der Waals surface area contributed by atoms with Crippen molar-refractivity contribution in [1.29, 1.82) is 0 Å². The molecule has 28 heavy (non-hydrogen) atoms. The number of pyridine rings is 1. The molecule has 4 rings (SSSR count). The van der Waals surface area contributed by atoms with Crippen LogP contribution in [0.3, 0.4) is 0 Å². The fraction of sp³-hybridized carbons (Fsp3) is 0.286. The molecule has 0 bridgehead atoms. The lowest BCUT2D eigenvalue weighted by molar-refractivity contribution is 0.0632. The molecule has 3 heterocycles. The van der Waals surface area contributed by atoms with Crippen molar-refractivity contribution in [2.75, 3.05) is 32.7 Å². The van der Waals surface area contributed by atoms with E-state index < -0.39 is 0 Å². The van der Waals surface area contributed by atoms with Gasteiger partial charge < -0.3 is 4.90 Å². The molecule has 0 aliphatic carbocycles. The van der Waals surface area contributed by atoms with E-state index in [1.54, 1.807) is 6.07 Å². The number of hydrogen-bond donors (Lipinski definition) is 1. The highest BCUT2D eigenvalue weighted by Gasteiger charge is 2.23. The van der Waals surface area contributed by atoms with Crippen LogP contribution in [-0.2, 0) is 6.42 Å². The number of rotatable bonds is 5. The Morgan fingerprint density at radius 2 is 1.75 bits per heavy atom. The van der Waals surface area contributed by atoms with Crippen molar-refractivity contribution in [2.45, 2.75) is 6.42 Å². The van der Waals surface area contributed by atoms with Crippen LogP contribution in [0.15, 0.2) is 54.9 Å². The van der Waals surface area contributed by atoms with Gasteiger partial charge in [0.2, 0.25) is 0 Å². The summed E-state index contributed by atoms with van der Waals surface area (Å²) in [7, 11) is 0. The van der Waals surface area contributed by atoms with E-state index in [1.165, 1.54) is 5.56 Å². The number of H-pyrrole nitrogens is 1. The van der Waals surface area contributed by atoms with Crippen LogP contribution in [-0.4, -0.2) is 63.6 Å². The summed E-state index contributed by atoms with van der Waals surface area (Å²) in [6, 6.07) is 13.3. The molecule has 1 fully saturated rings. The first-order chi connectivity index (χ1) is 13.7. The minimum atomic E-state index is 0.00139. The van der Waals surface area contributed by atoms with Gasteiger partial charge in [-0.2, -0.15) is 5.10 Å². The lowest BCUT2D eigenvalue weighted by atomic mass is 10.1. The largest absolute Gasteiger partial charge is 0.335 e.